The lowest BCUT2D eigenvalue weighted by Crippen LogP contribution is -2.29. The largest absolute Gasteiger partial charge is 0.507 e. The molecule has 1 N–H and O–H groups in total. The number of rotatable bonds is 6. The number of aromatic nitrogens is 1. The van der Waals surface area contributed by atoms with Crippen LogP contribution in [-0.2, 0) is 9.59 Å². The summed E-state index contributed by atoms with van der Waals surface area (Å²) in [6, 6.07) is 8.72. The topological polar surface area (TPSA) is 98.2 Å². The number of nitrogens with zero attached hydrogens (tertiary/aromatic N) is 2. The molecule has 8 nitrogen and oxygen atoms in total. The van der Waals surface area contributed by atoms with Crippen molar-refractivity contribution in [2.45, 2.75) is 19.9 Å². The Labute approximate surface area is 211 Å². The fraction of sp³-hybridized carbons (Fsp3) is 0.240. The number of hydrogen-bond acceptors (Lipinski definition) is 8. The molecule has 1 aromatic heterocycles. The molecule has 35 heavy (non-hydrogen) atoms. The number of aryl methyl sites for hydroxylation is 2. The van der Waals surface area contributed by atoms with E-state index in [4.69, 9.17) is 25.8 Å². The number of thiazole rings is 1. The van der Waals surface area contributed by atoms with Gasteiger partial charge in [-0.3, -0.25) is 14.5 Å². The third-order valence-corrected chi connectivity index (χ3v) is 7.19. The van der Waals surface area contributed by atoms with Crippen LogP contribution < -0.4 is 19.1 Å². The van der Waals surface area contributed by atoms with Crippen molar-refractivity contribution in [3.05, 3.63) is 68.7 Å². The van der Waals surface area contributed by atoms with E-state index in [0.29, 0.717) is 27.9 Å². The number of methoxy groups -OCH3 is 3. The van der Waals surface area contributed by atoms with Crippen LogP contribution in [0.1, 0.15) is 27.7 Å². The molecule has 1 amide bonds. The van der Waals surface area contributed by atoms with Crippen LogP contribution in [-0.4, -0.2) is 43.1 Å². The molecule has 2 heterocycles. The zero-order chi connectivity index (χ0) is 25.4. The number of anilines is 1. The van der Waals surface area contributed by atoms with E-state index in [1.54, 1.807) is 30.3 Å². The van der Waals surface area contributed by atoms with Crippen LogP contribution in [0.3, 0.4) is 0 Å². The lowest BCUT2D eigenvalue weighted by Gasteiger charge is -2.25. The molecule has 0 bridgehead atoms. The van der Waals surface area contributed by atoms with Gasteiger partial charge >= 0.3 is 5.91 Å². The number of benzene rings is 2. The van der Waals surface area contributed by atoms with Crippen molar-refractivity contribution in [1.82, 2.24) is 4.98 Å². The van der Waals surface area contributed by atoms with Crippen LogP contribution in [0.25, 0.3) is 5.76 Å². The van der Waals surface area contributed by atoms with Gasteiger partial charge in [0.25, 0.3) is 5.78 Å². The van der Waals surface area contributed by atoms with Gasteiger partial charge in [-0.1, -0.05) is 23.7 Å². The molecule has 2 aromatic carbocycles. The number of hydrogen-bond donors (Lipinski definition) is 1. The van der Waals surface area contributed by atoms with Crippen molar-refractivity contribution in [3.8, 4) is 17.2 Å². The Morgan fingerprint density at radius 2 is 1.77 bits per heavy atom. The molecule has 182 valence electrons. The van der Waals surface area contributed by atoms with Crippen LogP contribution in [0.4, 0.5) is 5.13 Å². The summed E-state index contributed by atoms with van der Waals surface area (Å²) >= 11 is 7.55. The molecule has 3 aromatic rings. The standard InChI is InChI=1S/C25H23ClN2O6S/c1-12-13(2)35-25(27-12)28-20(15-7-6-8-18(33-4)23(15)34-5)19(22(30)24(28)31)21(29)14-9-10-17(32-3)16(26)11-14/h6-11,20,29H,1-5H3/t20-/m0/s1. The number of halogens is 1. The number of aliphatic hydroxyl groups is 1. The predicted octanol–water partition coefficient (Wildman–Crippen LogP) is 5.07. The van der Waals surface area contributed by atoms with Gasteiger partial charge in [0, 0.05) is 16.0 Å². The number of Topliss-reactive ketones (excluding diaryl/α,β-unsaturated/α-hetero) is 1. The molecule has 10 heteroatoms. The summed E-state index contributed by atoms with van der Waals surface area (Å²) in [5, 5.41) is 11.9. The minimum absolute atomic E-state index is 0.117. The molecule has 0 spiro atoms. The fourth-order valence-electron chi connectivity index (χ4n) is 3.98. The van der Waals surface area contributed by atoms with E-state index in [9.17, 15) is 14.7 Å². The highest BCUT2D eigenvalue weighted by Crippen LogP contribution is 2.48. The molecule has 1 fully saturated rings. The first-order valence-corrected chi connectivity index (χ1v) is 11.7. The first kappa shape index (κ1) is 24.6. The summed E-state index contributed by atoms with van der Waals surface area (Å²) in [5.74, 6) is -0.895. The van der Waals surface area contributed by atoms with Crippen LogP contribution >= 0.6 is 22.9 Å². The average molecular weight is 515 g/mol. The monoisotopic (exact) mass is 514 g/mol. The van der Waals surface area contributed by atoms with Crippen molar-refractivity contribution >= 4 is 45.5 Å². The van der Waals surface area contributed by atoms with Gasteiger partial charge in [-0.25, -0.2) is 4.98 Å². The van der Waals surface area contributed by atoms with Gasteiger partial charge in [-0.05, 0) is 38.1 Å². The molecule has 1 saturated heterocycles. The van der Waals surface area contributed by atoms with E-state index in [0.717, 1.165) is 10.6 Å². The summed E-state index contributed by atoms with van der Waals surface area (Å²) in [4.78, 5) is 33.4. The maximum Gasteiger partial charge on any atom is 0.301 e. The zero-order valence-corrected chi connectivity index (χ0v) is 21.3. The molecule has 0 unspecified atom stereocenters. The normalized spacial score (nSPS) is 17.1. The van der Waals surface area contributed by atoms with E-state index in [-0.39, 0.29) is 21.9 Å². The summed E-state index contributed by atoms with van der Waals surface area (Å²) in [6.45, 7) is 3.71. The van der Waals surface area contributed by atoms with Gasteiger partial charge in [0.1, 0.15) is 17.6 Å². The summed E-state index contributed by atoms with van der Waals surface area (Å²) in [7, 11) is 4.43. The maximum absolute atomic E-state index is 13.4. The minimum Gasteiger partial charge on any atom is -0.507 e. The predicted molar refractivity (Wildman–Crippen MR) is 134 cm³/mol. The van der Waals surface area contributed by atoms with Crippen LogP contribution in [0.15, 0.2) is 42.0 Å². The SMILES string of the molecule is COc1ccc(C(O)=C2C(=O)C(=O)N(c3nc(C)c(C)s3)[C@H]2c2cccc(OC)c2OC)cc1Cl. The molecular formula is C25H23ClN2O6S. The first-order valence-electron chi connectivity index (χ1n) is 10.5. The van der Waals surface area contributed by atoms with E-state index >= 15 is 0 Å². The van der Waals surface area contributed by atoms with Crippen molar-refractivity contribution in [1.29, 1.82) is 0 Å². The molecule has 1 aliphatic rings. The quantitative estimate of drug-likeness (QED) is 0.279. The van der Waals surface area contributed by atoms with Crippen molar-refractivity contribution < 1.29 is 28.9 Å². The number of aliphatic hydroxyl groups excluding tert-OH is 1. The molecule has 1 aliphatic heterocycles. The molecule has 4 rings (SSSR count). The van der Waals surface area contributed by atoms with Gasteiger partial charge in [0.2, 0.25) is 0 Å². The Kier molecular flexibility index (Phi) is 6.73. The Bertz CT molecular complexity index is 1350. The summed E-state index contributed by atoms with van der Waals surface area (Å²) < 4.78 is 16.2. The number of para-hydroxylation sites is 1. The van der Waals surface area contributed by atoms with E-state index in [1.807, 2.05) is 13.8 Å². The van der Waals surface area contributed by atoms with Crippen LogP contribution in [0, 0.1) is 13.8 Å². The summed E-state index contributed by atoms with van der Waals surface area (Å²) in [5.41, 5.74) is 1.34. The third-order valence-electron chi connectivity index (χ3n) is 5.82. The number of carbonyl (C=O) groups excluding carboxylic acids is 2. The van der Waals surface area contributed by atoms with E-state index < -0.39 is 17.7 Å². The highest BCUT2D eigenvalue weighted by Gasteiger charge is 2.49. The van der Waals surface area contributed by atoms with Gasteiger partial charge in [0.05, 0.1) is 37.6 Å². The van der Waals surface area contributed by atoms with Crippen molar-refractivity contribution in [2.75, 3.05) is 26.2 Å². The minimum atomic E-state index is -1.02. The van der Waals surface area contributed by atoms with Gasteiger partial charge in [-0.15, -0.1) is 11.3 Å². The second-order valence-electron chi connectivity index (χ2n) is 7.74. The summed E-state index contributed by atoms with van der Waals surface area (Å²) in [6.07, 6.45) is 0. The number of ketones is 1. The van der Waals surface area contributed by atoms with Crippen molar-refractivity contribution in [3.63, 3.8) is 0 Å². The fourth-order valence-corrected chi connectivity index (χ4v) is 5.17. The first-order chi connectivity index (χ1) is 16.7. The Morgan fingerprint density at radius 3 is 2.34 bits per heavy atom. The van der Waals surface area contributed by atoms with Crippen molar-refractivity contribution in [2.24, 2.45) is 0 Å². The van der Waals surface area contributed by atoms with Gasteiger partial charge in [-0.2, -0.15) is 0 Å². The lowest BCUT2D eigenvalue weighted by atomic mass is 9.94. The van der Waals surface area contributed by atoms with E-state index in [1.165, 1.54) is 43.6 Å². The highest BCUT2D eigenvalue weighted by molar-refractivity contribution is 7.16. The third kappa shape index (κ3) is 4.11. The van der Waals surface area contributed by atoms with Gasteiger partial charge in [0.15, 0.2) is 16.6 Å². The second kappa shape index (κ2) is 9.59. The molecule has 0 radical (unpaired) electrons. The zero-order valence-electron chi connectivity index (χ0n) is 19.7. The number of amides is 1. The number of carbonyl (C=O) groups is 2. The van der Waals surface area contributed by atoms with Crippen LogP contribution in [0.2, 0.25) is 5.02 Å². The highest BCUT2D eigenvalue weighted by atomic mass is 35.5. The average Bonchev–Trinajstić information content (AvgIpc) is 3.32. The Morgan fingerprint density at radius 1 is 1.06 bits per heavy atom. The molecule has 0 saturated carbocycles. The molecule has 0 aliphatic carbocycles. The smallest absolute Gasteiger partial charge is 0.301 e. The number of ether oxygens (including phenoxy) is 3. The van der Waals surface area contributed by atoms with Crippen LogP contribution in [0.5, 0.6) is 17.2 Å². The van der Waals surface area contributed by atoms with E-state index in [2.05, 4.69) is 4.98 Å². The second-order valence-corrected chi connectivity index (χ2v) is 9.33. The lowest BCUT2D eigenvalue weighted by molar-refractivity contribution is -0.132. The Balaban J connectivity index is 2.01. The Hall–Kier alpha value is -3.56. The van der Waals surface area contributed by atoms with Gasteiger partial charge < -0.3 is 19.3 Å². The molecular weight excluding hydrogens is 492 g/mol. The maximum atomic E-state index is 13.4. The molecule has 1 atom stereocenters.